The van der Waals surface area contributed by atoms with Crippen molar-refractivity contribution in [3.8, 4) is 11.5 Å². The number of halogens is 3. The molecule has 1 amide bonds. The first-order valence-corrected chi connectivity index (χ1v) is 7.05. The molecule has 2 rings (SSSR count). The van der Waals surface area contributed by atoms with E-state index in [0.29, 0.717) is 0 Å². The molecule has 0 aliphatic rings. The van der Waals surface area contributed by atoms with E-state index in [1.54, 1.807) is 0 Å². The number of ether oxygens (including phenoxy) is 2. The van der Waals surface area contributed by atoms with Gasteiger partial charge in [0.2, 0.25) is 5.91 Å². The number of carboxylic acids is 1. The van der Waals surface area contributed by atoms with E-state index in [4.69, 9.17) is 14.6 Å². The highest BCUT2D eigenvalue weighted by atomic mass is 19.4. The van der Waals surface area contributed by atoms with Crippen molar-refractivity contribution in [1.29, 1.82) is 0 Å². The van der Waals surface area contributed by atoms with E-state index in [9.17, 15) is 22.8 Å². The predicted molar refractivity (Wildman–Crippen MR) is 82.4 cm³/mol. The molecule has 0 spiro atoms. The van der Waals surface area contributed by atoms with Crippen LogP contribution < -0.4 is 14.8 Å². The fourth-order valence-corrected chi connectivity index (χ4v) is 2.12. The van der Waals surface area contributed by atoms with E-state index in [1.165, 1.54) is 20.3 Å². The first-order valence-electron chi connectivity index (χ1n) is 7.05. The number of nitrogens with one attached hydrogen (secondary N) is 1. The number of hydrogen-bond donors (Lipinski definition) is 2. The molecular weight excluding hydrogens is 359 g/mol. The number of nitrogens with zero attached hydrogens (tertiary/aromatic N) is 2. The highest BCUT2D eigenvalue weighted by Gasteiger charge is 2.33. The number of alkyl halides is 3. The van der Waals surface area contributed by atoms with Crippen molar-refractivity contribution in [3.63, 3.8) is 0 Å². The average Bonchev–Trinajstić information content (AvgIpc) is 3.02. The van der Waals surface area contributed by atoms with Crippen molar-refractivity contribution in [2.24, 2.45) is 0 Å². The summed E-state index contributed by atoms with van der Waals surface area (Å²) in [6, 6.07) is 3.09. The van der Waals surface area contributed by atoms with Crippen LogP contribution in [0.4, 0.5) is 18.9 Å². The molecule has 0 saturated carbocycles. The number of hydrogen-bond acceptors (Lipinski definition) is 5. The standard InChI is InChI=1S/C15H14F3N3O5/c1-25-10-6-8(14(23)24)5-9(13(10)26-2)19-12(22)7-21-4-3-11(20-21)15(16,17)18/h3-6H,7H2,1-2H3,(H,19,22)(H,23,24). The van der Waals surface area contributed by atoms with Crippen LogP contribution in [0.3, 0.4) is 0 Å². The first kappa shape index (κ1) is 19.1. The van der Waals surface area contributed by atoms with Crippen LogP contribution >= 0.6 is 0 Å². The number of carbonyl (C=O) groups is 2. The van der Waals surface area contributed by atoms with Crippen LogP contribution in [0.25, 0.3) is 0 Å². The maximum Gasteiger partial charge on any atom is 0.435 e. The fraction of sp³-hybridized carbons (Fsp3) is 0.267. The van der Waals surface area contributed by atoms with Crippen molar-refractivity contribution in [1.82, 2.24) is 9.78 Å². The fourth-order valence-electron chi connectivity index (χ4n) is 2.12. The molecule has 0 saturated heterocycles. The molecule has 0 fully saturated rings. The zero-order chi connectivity index (χ0) is 19.5. The number of aromatic nitrogens is 2. The molecule has 11 heteroatoms. The molecular formula is C15H14F3N3O5. The minimum absolute atomic E-state index is 0.00236. The third-order valence-electron chi connectivity index (χ3n) is 3.24. The van der Waals surface area contributed by atoms with Crippen LogP contribution in [0.5, 0.6) is 11.5 Å². The van der Waals surface area contributed by atoms with Gasteiger partial charge in [0.15, 0.2) is 17.2 Å². The van der Waals surface area contributed by atoms with E-state index in [-0.39, 0.29) is 22.7 Å². The summed E-state index contributed by atoms with van der Waals surface area (Å²) >= 11 is 0. The van der Waals surface area contributed by atoms with Gasteiger partial charge in [-0.1, -0.05) is 0 Å². The summed E-state index contributed by atoms with van der Waals surface area (Å²) in [5.74, 6) is -1.85. The molecule has 2 N–H and O–H groups in total. The maximum absolute atomic E-state index is 12.5. The quantitative estimate of drug-likeness (QED) is 0.805. The molecule has 2 aromatic rings. The zero-order valence-corrected chi connectivity index (χ0v) is 13.6. The molecule has 0 aliphatic carbocycles. The number of aromatic carboxylic acids is 1. The topological polar surface area (TPSA) is 103 Å². The Labute approximate surface area is 145 Å². The number of methoxy groups -OCH3 is 2. The third-order valence-corrected chi connectivity index (χ3v) is 3.24. The van der Waals surface area contributed by atoms with Gasteiger partial charge in [-0.15, -0.1) is 0 Å². The summed E-state index contributed by atoms with van der Waals surface area (Å²) in [7, 11) is 2.58. The Hall–Kier alpha value is -3.24. The Morgan fingerprint density at radius 3 is 2.46 bits per heavy atom. The SMILES string of the molecule is COc1cc(C(=O)O)cc(NC(=O)Cn2ccc(C(F)(F)F)n2)c1OC. The van der Waals surface area contributed by atoms with Crippen LogP contribution in [0, 0.1) is 0 Å². The number of amides is 1. The van der Waals surface area contributed by atoms with Gasteiger partial charge in [0.25, 0.3) is 0 Å². The van der Waals surface area contributed by atoms with Gasteiger partial charge in [0.05, 0.1) is 25.5 Å². The molecule has 1 heterocycles. The second-order valence-electron chi connectivity index (χ2n) is 5.01. The van der Waals surface area contributed by atoms with Gasteiger partial charge in [-0.3, -0.25) is 9.48 Å². The Bertz CT molecular complexity index is 832. The van der Waals surface area contributed by atoms with Crippen LogP contribution in [0.1, 0.15) is 16.1 Å². The van der Waals surface area contributed by atoms with Crippen LogP contribution in [-0.2, 0) is 17.5 Å². The summed E-state index contributed by atoms with van der Waals surface area (Å²) < 4.78 is 48.5. The van der Waals surface area contributed by atoms with E-state index in [1.807, 2.05) is 0 Å². The number of benzene rings is 1. The lowest BCUT2D eigenvalue weighted by Crippen LogP contribution is -2.20. The Kier molecular flexibility index (Phi) is 5.38. The predicted octanol–water partition coefficient (Wildman–Crippen LogP) is 2.26. The summed E-state index contributed by atoms with van der Waals surface area (Å²) in [5, 5.41) is 14.8. The van der Waals surface area contributed by atoms with Crippen molar-refractivity contribution in [2.45, 2.75) is 12.7 Å². The monoisotopic (exact) mass is 373 g/mol. The zero-order valence-electron chi connectivity index (χ0n) is 13.6. The average molecular weight is 373 g/mol. The molecule has 0 atom stereocenters. The van der Waals surface area contributed by atoms with E-state index >= 15 is 0 Å². The molecule has 8 nitrogen and oxygen atoms in total. The minimum atomic E-state index is -4.62. The first-order chi connectivity index (χ1) is 12.2. The van der Waals surface area contributed by atoms with E-state index < -0.39 is 30.3 Å². The van der Waals surface area contributed by atoms with Crippen LogP contribution in [0.2, 0.25) is 0 Å². The second-order valence-corrected chi connectivity index (χ2v) is 5.01. The lowest BCUT2D eigenvalue weighted by Gasteiger charge is -2.14. The van der Waals surface area contributed by atoms with Crippen molar-refractivity contribution in [3.05, 3.63) is 35.7 Å². The van der Waals surface area contributed by atoms with Gasteiger partial charge in [-0.05, 0) is 18.2 Å². The largest absolute Gasteiger partial charge is 0.493 e. The Morgan fingerprint density at radius 1 is 1.27 bits per heavy atom. The van der Waals surface area contributed by atoms with Crippen molar-refractivity contribution < 1.29 is 37.3 Å². The van der Waals surface area contributed by atoms with Crippen molar-refractivity contribution >= 4 is 17.6 Å². The second kappa shape index (κ2) is 7.33. The highest BCUT2D eigenvalue weighted by molar-refractivity contribution is 5.96. The van der Waals surface area contributed by atoms with Gasteiger partial charge in [-0.2, -0.15) is 18.3 Å². The summed E-state index contributed by atoms with van der Waals surface area (Å²) in [6.45, 7) is -0.515. The molecule has 140 valence electrons. The Morgan fingerprint density at radius 2 is 1.96 bits per heavy atom. The minimum Gasteiger partial charge on any atom is -0.493 e. The van der Waals surface area contributed by atoms with Gasteiger partial charge in [0, 0.05) is 6.20 Å². The number of anilines is 1. The smallest absolute Gasteiger partial charge is 0.435 e. The van der Waals surface area contributed by atoms with Crippen LogP contribution in [0.15, 0.2) is 24.4 Å². The van der Waals surface area contributed by atoms with Gasteiger partial charge < -0.3 is 19.9 Å². The molecule has 0 bridgehead atoms. The highest BCUT2D eigenvalue weighted by Crippen LogP contribution is 2.36. The van der Waals surface area contributed by atoms with Gasteiger partial charge >= 0.3 is 12.1 Å². The maximum atomic E-state index is 12.5. The number of rotatable bonds is 6. The third kappa shape index (κ3) is 4.23. The van der Waals surface area contributed by atoms with Crippen molar-refractivity contribution in [2.75, 3.05) is 19.5 Å². The van der Waals surface area contributed by atoms with Gasteiger partial charge in [0.1, 0.15) is 6.54 Å². The number of carboxylic acid groups (broad SMARTS) is 1. The Balaban J connectivity index is 2.24. The van der Waals surface area contributed by atoms with E-state index in [2.05, 4.69) is 10.4 Å². The molecule has 1 aromatic carbocycles. The van der Waals surface area contributed by atoms with Crippen LogP contribution in [-0.4, -0.2) is 41.0 Å². The molecule has 0 radical (unpaired) electrons. The molecule has 26 heavy (non-hydrogen) atoms. The lowest BCUT2D eigenvalue weighted by molar-refractivity contribution is -0.141. The van der Waals surface area contributed by atoms with Gasteiger partial charge in [-0.25, -0.2) is 4.79 Å². The lowest BCUT2D eigenvalue weighted by atomic mass is 10.1. The summed E-state index contributed by atoms with van der Waals surface area (Å²) in [4.78, 5) is 23.3. The normalized spacial score (nSPS) is 11.1. The molecule has 0 aliphatic heterocycles. The summed E-state index contributed by atoms with van der Waals surface area (Å²) in [6.07, 6.45) is -3.61. The number of carbonyl (C=O) groups excluding carboxylic acids is 1. The summed E-state index contributed by atoms with van der Waals surface area (Å²) in [5.41, 5.74) is -1.30. The molecule has 0 unspecified atom stereocenters. The van der Waals surface area contributed by atoms with E-state index in [0.717, 1.165) is 23.0 Å². The molecule has 1 aromatic heterocycles.